The van der Waals surface area contributed by atoms with E-state index in [0.717, 1.165) is 0 Å². The Kier molecular flexibility index (Phi) is 9.13. The molecule has 2 aromatic heterocycles. The first-order valence-corrected chi connectivity index (χ1v) is 7.07. The molecule has 0 aliphatic heterocycles. The number of hydrogen-bond acceptors (Lipinski definition) is 10. The molecule has 0 aliphatic carbocycles. The van der Waals surface area contributed by atoms with Crippen molar-refractivity contribution in [1.82, 2.24) is 19.9 Å². The second-order valence-corrected chi connectivity index (χ2v) is 4.81. The second kappa shape index (κ2) is 9.63. The van der Waals surface area contributed by atoms with Crippen LogP contribution in [0.2, 0.25) is 0 Å². The van der Waals surface area contributed by atoms with Crippen molar-refractivity contribution >= 4 is 33.4 Å². The first-order valence-electron chi connectivity index (χ1n) is 5.67. The fraction of sp³-hybridized carbons (Fsp3) is 0. The van der Waals surface area contributed by atoms with Crippen molar-refractivity contribution in [3.8, 4) is 0 Å². The largest absolute Gasteiger partial charge is 0.412 e. The molecule has 0 saturated heterocycles. The lowest BCUT2D eigenvalue weighted by Gasteiger charge is -1.93. The van der Waals surface area contributed by atoms with Gasteiger partial charge in [-0.05, 0) is 0 Å². The molecule has 148 valence electrons. The van der Waals surface area contributed by atoms with Crippen LogP contribution < -0.4 is 45.4 Å². The molecule has 0 aromatic carbocycles. The quantitative estimate of drug-likeness (QED) is 0.186. The molecule has 0 unspecified atom stereocenters. The Bertz CT molecular complexity index is 983. The first kappa shape index (κ1) is 24.6. The first-order chi connectivity index (χ1) is 11.2. The van der Waals surface area contributed by atoms with Gasteiger partial charge in [0.2, 0.25) is 0 Å². The van der Waals surface area contributed by atoms with Gasteiger partial charge in [0, 0.05) is 0 Å². The lowest BCUT2D eigenvalue weighted by Crippen LogP contribution is -2.26. The standard InChI is InChI=1S/2C4H6N4O2.H2O4S.H2O/c2*5-1-2(6)7-4(10)8-3(1)9;1-5(2,3)4;/h2*5H2,(H4,6,7,8,9,10);(H2,1,2,3,4);1H2. The third kappa shape index (κ3) is 9.51. The summed E-state index contributed by atoms with van der Waals surface area (Å²) in [5.41, 5.74) is 17.5. The van der Waals surface area contributed by atoms with E-state index in [1.54, 1.807) is 0 Å². The number of rotatable bonds is 0. The van der Waals surface area contributed by atoms with Gasteiger partial charge in [-0.2, -0.15) is 8.42 Å². The Labute approximate surface area is 141 Å². The van der Waals surface area contributed by atoms with E-state index in [1.165, 1.54) is 0 Å². The SMILES string of the molecule is Nc1[nH]c(=O)[nH]c(=O)c1N.Nc1[nH]c(=O)[nH]c(=O)c1N.O.O=S(=O)(O)O. The van der Waals surface area contributed by atoms with Crippen LogP contribution in [-0.2, 0) is 10.4 Å². The van der Waals surface area contributed by atoms with Crippen molar-refractivity contribution in [3.63, 3.8) is 0 Å². The van der Waals surface area contributed by atoms with Gasteiger partial charge >= 0.3 is 21.8 Å². The maximum atomic E-state index is 10.6. The molecule has 17 nitrogen and oxygen atoms in total. The normalized spacial score (nSPS) is 9.62. The number of anilines is 4. The van der Waals surface area contributed by atoms with Gasteiger partial charge in [0.25, 0.3) is 11.1 Å². The molecular weight excluding hydrogens is 384 g/mol. The maximum Gasteiger partial charge on any atom is 0.394 e. The van der Waals surface area contributed by atoms with Gasteiger partial charge in [-0.1, -0.05) is 0 Å². The topological polar surface area (TPSA) is 342 Å². The molecule has 2 heterocycles. The Morgan fingerprint density at radius 3 is 1.08 bits per heavy atom. The molecule has 0 aliphatic rings. The van der Waals surface area contributed by atoms with Crippen LogP contribution in [0.5, 0.6) is 0 Å². The van der Waals surface area contributed by atoms with Crippen LogP contribution in [0.1, 0.15) is 0 Å². The van der Waals surface area contributed by atoms with Crippen LogP contribution in [-0.4, -0.2) is 42.9 Å². The summed E-state index contributed by atoms with van der Waals surface area (Å²) in [5.74, 6) is -0.206. The second-order valence-electron chi connectivity index (χ2n) is 3.92. The van der Waals surface area contributed by atoms with Gasteiger partial charge in [0.05, 0.1) is 0 Å². The van der Waals surface area contributed by atoms with E-state index in [2.05, 4.69) is 9.97 Å². The lowest BCUT2D eigenvalue weighted by molar-refractivity contribution is 0.381. The van der Waals surface area contributed by atoms with Crippen molar-refractivity contribution in [2.45, 2.75) is 0 Å². The highest BCUT2D eigenvalue weighted by Gasteiger charge is 1.99. The van der Waals surface area contributed by atoms with E-state index in [0.29, 0.717) is 0 Å². The minimum atomic E-state index is -4.67. The van der Waals surface area contributed by atoms with Crippen LogP contribution in [0.3, 0.4) is 0 Å². The maximum absolute atomic E-state index is 10.6. The Morgan fingerprint density at radius 2 is 0.885 bits per heavy atom. The zero-order valence-electron chi connectivity index (χ0n) is 12.6. The summed E-state index contributed by atoms with van der Waals surface area (Å²) in [5, 5.41) is 0. The minimum absolute atomic E-state index is 0. The molecule has 26 heavy (non-hydrogen) atoms. The zero-order valence-corrected chi connectivity index (χ0v) is 13.4. The van der Waals surface area contributed by atoms with E-state index in [-0.39, 0.29) is 28.5 Å². The molecule has 0 fully saturated rings. The van der Waals surface area contributed by atoms with Gasteiger partial charge in [-0.15, -0.1) is 0 Å². The molecule has 0 atom stereocenters. The summed E-state index contributed by atoms with van der Waals surface area (Å²) in [6, 6.07) is 0. The van der Waals surface area contributed by atoms with E-state index < -0.39 is 32.9 Å². The molecular formula is C8H16N8O9S. The molecule has 0 bridgehead atoms. The Morgan fingerprint density at radius 1 is 0.654 bits per heavy atom. The van der Waals surface area contributed by atoms with Crippen LogP contribution in [0.25, 0.3) is 0 Å². The Hall–Kier alpha value is -3.61. The molecule has 0 radical (unpaired) electrons. The number of H-pyrrole nitrogens is 4. The van der Waals surface area contributed by atoms with Gasteiger partial charge in [-0.25, -0.2) is 9.59 Å². The van der Waals surface area contributed by atoms with Crippen LogP contribution in [0.15, 0.2) is 19.2 Å². The van der Waals surface area contributed by atoms with Gasteiger partial charge in [0.15, 0.2) is 0 Å². The highest BCUT2D eigenvalue weighted by atomic mass is 32.3. The molecule has 18 heteroatoms. The van der Waals surface area contributed by atoms with Crippen LogP contribution in [0.4, 0.5) is 23.0 Å². The van der Waals surface area contributed by atoms with Crippen molar-refractivity contribution < 1.29 is 23.0 Å². The lowest BCUT2D eigenvalue weighted by atomic mass is 10.5. The average Bonchev–Trinajstić information content (AvgIpc) is 2.40. The van der Waals surface area contributed by atoms with Gasteiger partial charge < -0.3 is 28.4 Å². The number of aromatic amines is 4. The van der Waals surface area contributed by atoms with Crippen molar-refractivity contribution in [1.29, 1.82) is 0 Å². The van der Waals surface area contributed by atoms with E-state index in [1.807, 2.05) is 9.97 Å². The van der Waals surface area contributed by atoms with E-state index in [4.69, 9.17) is 40.5 Å². The molecule has 0 amide bonds. The van der Waals surface area contributed by atoms with Gasteiger partial charge in [-0.3, -0.25) is 38.6 Å². The summed E-state index contributed by atoms with van der Waals surface area (Å²) in [7, 11) is -4.67. The highest BCUT2D eigenvalue weighted by molar-refractivity contribution is 7.79. The summed E-state index contributed by atoms with van der Waals surface area (Å²) in [6.45, 7) is 0. The number of nitrogens with two attached hydrogens (primary N) is 4. The average molecular weight is 400 g/mol. The number of nitrogens with one attached hydrogen (secondary N) is 4. The summed E-state index contributed by atoms with van der Waals surface area (Å²) < 4.78 is 31.6. The molecule has 16 N–H and O–H groups in total. The molecule has 0 spiro atoms. The van der Waals surface area contributed by atoms with E-state index in [9.17, 15) is 19.2 Å². The van der Waals surface area contributed by atoms with Crippen molar-refractivity contribution in [2.75, 3.05) is 22.9 Å². The smallest absolute Gasteiger partial charge is 0.394 e. The third-order valence-corrected chi connectivity index (χ3v) is 2.02. The van der Waals surface area contributed by atoms with Crippen molar-refractivity contribution in [2.24, 2.45) is 0 Å². The fourth-order valence-corrected chi connectivity index (χ4v) is 1.03. The van der Waals surface area contributed by atoms with Crippen LogP contribution >= 0.6 is 0 Å². The van der Waals surface area contributed by atoms with E-state index >= 15 is 0 Å². The number of nitrogen functional groups attached to an aromatic ring is 4. The summed E-state index contributed by atoms with van der Waals surface area (Å²) in [4.78, 5) is 50.1. The number of hydrogen-bond donors (Lipinski definition) is 10. The predicted octanol–water partition coefficient (Wildman–Crippen LogP) is -5.02. The molecule has 2 rings (SSSR count). The van der Waals surface area contributed by atoms with Crippen LogP contribution in [0, 0.1) is 0 Å². The Balaban J connectivity index is 0. The number of aromatic nitrogens is 4. The van der Waals surface area contributed by atoms with Gasteiger partial charge in [0.1, 0.15) is 23.0 Å². The third-order valence-electron chi connectivity index (χ3n) is 2.02. The summed E-state index contributed by atoms with van der Waals surface area (Å²) in [6.07, 6.45) is 0. The minimum Gasteiger partial charge on any atom is -0.412 e. The molecule has 0 saturated carbocycles. The zero-order chi connectivity index (χ0) is 19.9. The fourth-order valence-electron chi connectivity index (χ4n) is 1.03. The monoisotopic (exact) mass is 400 g/mol. The summed E-state index contributed by atoms with van der Waals surface area (Å²) >= 11 is 0. The van der Waals surface area contributed by atoms with Crippen molar-refractivity contribution in [3.05, 3.63) is 41.7 Å². The highest BCUT2D eigenvalue weighted by Crippen LogP contribution is 1.96. The molecule has 2 aromatic rings. The predicted molar refractivity (Wildman–Crippen MR) is 90.8 cm³/mol.